The molecule has 6 heteroatoms. The highest BCUT2D eigenvalue weighted by molar-refractivity contribution is 5.87. The van der Waals surface area contributed by atoms with E-state index in [0.29, 0.717) is 11.5 Å². The third-order valence-electron chi connectivity index (χ3n) is 7.44. The number of aromatic amines is 1. The summed E-state index contributed by atoms with van der Waals surface area (Å²) in [6, 6.07) is 11.8. The predicted molar refractivity (Wildman–Crippen MR) is 118 cm³/mol. The number of fused-ring (bicyclic) bond motifs is 2. The molecule has 2 aromatic heterocycles. The zero-order chi connectivity index (χ0) is 20.1. The smallest absolute Gasteiger partial charge is 0.143 e. The largest absolute Gasteiger partial charge is 0.381 e. The summed E-state index contributed by atoms with van der Waals surface area (Å²) < 4.78 is 5.62. The standard InChI is InChI=1S/C24H29N5O/c1-16-12-19-22(27-16)25-15-26-23(19)28-21-18-5-3-2-4-17(18)6-7-20(21)29-13-24(14-29)8-10-30-11-9-24/h2-5,12,15,20-21H,6-11,13-14H2,1H3,(H2,25,26,27,28). The average Bonchev–Trinajstić information content (AvgIpc) is 3.14. The van der Waals surface area contributed by atoms with E-state index in [1.807, 2.05) is 0 Å². The molecule has 4 heterocycles. The number of ether oxygens (including phenoxy) is 1. The highest BCUT2D eigenvalue weighted by Crippen LogP contribution is 2.45. The highest BCUT2D eigenvalue weighted by Gasteiger charge is 2.48. The van der Waals surface area contributed by atoms with Crippen molar-refractivity contribution >= 4 is 16.9 Å². The van der Waals surface area contributed by atoms with Crippen LogP contribution in [0, 0.1) is 12.3 Å². The number of rotatable bonds is 3. The molecule has 0 saturated carbocycles. The van der Waals surface area contributed by atoms with Gasteiger partial charge in [0.05, 0.1) is 11.4 Å². The van der Waals surface area contributed by atoms with Crippen LogP contribution in [0.5, 0.6) is 0 Å². The molecule has 3 aromatic rings. The van der Waals surface area contributed by atoms with Gasteiger partial charge in [-0.15, -0.1) is 0 Å². The van der Waals surface area contributed by atoms with Gasteiger partial charge in [0.2, 0.25) is 0 Å². The van der Waals surface area contributed by atoms with Crippen LogP contribution in [0.1, 0.15) is 42.1 Å². The van der Waals surface area contributed by atoms with Crippen molar-refractivity contribution in [2.24, 2.45) is 5.41 Å². The van der Waals surface area contributed by atoms with Crippen LogP contribution >= 0.6 is 0 Å². The zero-order valence-corrected chi connectivity index (χ0v) is 17.5. The van der Waals surface area contributed by atoms with Crippen molar-refractivity contribution in [3.05, 3.63) is 53.5 Å². The third kappa shape index (κ3) is 3.01. The lowest BCUT2D eigenvalue weighted by molar-refractivity contribution is -0.102. The van der Waals surface area contributed by atoms with Gasteiger partial charge in [0.25, 0.3) is 0 Å². The first-order valence-electron chi connectivity index (χ1n) is 11.2. The Morgan fingerprint density at radius 3 is 2.87 bits per heavy atom. The van der Waals surface area contributed by atoms with E-state index in [1.165, 1.54) is 43.5 Å². The number of anilines is 1. The molecule has 0 bridgehead atoms. The minimum absolute atomic E-state index is 0.237. The van der Waals surface area contributed by atoms with Crippen molar-refractivity contribution in [1.82, 2.24) is 19.9 Å². The molecule has 2 fully saturated rings. The molecular weight excluding hydrogens is 374 g/mol. The Morgan fingerprint density at radius 1 is 1.17 bits per heavy atom. The Hall–Kier alpha value is -2.44. The van der Waals surface area contributed by atoms with Gasteiger partial charge in [0, 0.05) is 43.5 Å². The molecule has 30 heavy (non-hydrogen) atoms. The normalized spacial score (nSPS) is 25.8. The minimum Gasteiger partial charge on any atom is -0.381 e. The fourth-order valence-corrected chi connectivity index (χ4v) is 5.81. The Bertz CT molecular complexity index is 1060. The molecule has 156 valence electrons. The molecule has 1 aliphatic carbocycles. The maximum absolute atomic E-state index is 5.62. The molecule has 2 N–H and O–H groups in total. The van der Waals surface area contributed by atoms with Gasteiger partial charge >= 0.3 is 0 Å². The zero-order valence-electron chi connectivity index (χ0n) is 17.5. The van der Waals surface area contributed by atoms with Crippen LogP contribution in [0.25, 0.3) is 11.0 Å². The lowest BCUT2D eigenvalue weighted by atomic mass is 9.71. The number of aryl methyl sites for hydroxylation is 2. The highest BCUT2D eigenvalue weighted by atomic mass is 16.5. The van der Waals surface area contributed by atoms with Crippen molar-refractivity contribution in [1.29, 1.82) is 0 Å². The SMILES string of the molecule is Cc1cc2c(NC3c4ccccc4CCC3N3CC4(CCOCC4)C3)ncnc2[nH]1. The lowest BCUT2D eigenvalue weighted by Crippen LogP contribution is -2.63. The number of hydrogen-bond donors (Lipinski definition) is 2. The molecule has 2 saturated heterocycles. The number of benzene rings is 1. The summed E-state index contributed by atoms with van der Waals surface area (Å²) in [6.45, 7) is 6.31. The fraction of sp³-hybridized carbons (Fsp3) is 0.500. The third-order valence-corrected chi connectivity index (χ3v) is 7.44. The summed E-state index contributed by atoms with van der Waals surface area (Å²) in [6.07, 6.45) is 6.40. The van der Waals surface area contributed by atoms with Crippen LogP contribution in [-0.2, 0) is 11.2 Å². The second-order valence-electron chi connectivity index (χ2n) is 9.38. The van der Waals surface area contributed by atoms with Crippen molar-refractivity contribution in [3.8, 4) is 0 Å². The van der Waals surface area contributed by atoms with Crippen LogP contribution in [0.3, 0.4) is 0 Å². The van der Waals surface area contributed by atoms with Gasteiger partial charge in [0.1, 0.15) is 17.8 Å². The van der Waals surface area contributed by atoms with Gasteiger partial charge in [-0.25, -0.2) is 9.97 Å². The summed E-state index contributed by atoms with van der Waals surface area (Å²) >= 11 is 0. The summed E-state index contributed by atoms with van der Waals surface area (Å²) in [5.74, 6) is 0.928. The van der Waals surface area contributed by atoms with Gasteiger partial charge in [-0.1, -0.05) is 24.3 Å². The number of H-pyrrole nitrogens is 1. The molecule has 3 aliphatic rings. The van der Waals surface area contributed by atoms with Gasteiger partial charge in [-0.3, -0.25) is 4.90 Å². The van der Waals surface area contributed by atoms with Gasteiger partial charge in [-0.05, 0) is 49.8 Å². The summed E-state index contributed by atoms with van der Waals surface area (Å²) in [5.41, 5.74) is 5.37. The van der Waals surface area contributed by atoms with E-state index in [0.717, 1.165) is 42.2 Å². The first-order valence-corrected chi connectivity index (χ1v) is 11.2. The lowest BCUT2D eigenvalue weighted by Gasteiger charge is -2.57. The number of hydrogen-bond acceptors (Lipinski definition) is 5. The molecule has 1 aromatic carbocycles. The second-order valence-corrected chi connectivity index (χ2v) is 9.38. The average molecular weight is 404 g/mol. The molecule has 2 atom stereocenters. The van der Waals surface area contributed by atoms with E-state index in [-0.39, 0.29) is 6.04 Å². The predicted octanol–water partition coefficient (Wildman–Crippen LogP) is 3.85. The molecule has 6 rings (SSSR count). The quantitative estimate of drug-likeness (QED) is 0.695. The Morgan fingerprint density at radius 2 is 2.00 bits per heavy atom. The number of nitrogens with zero attached hydrogens (tertiary/aromatic N) is 3. The Kier molecular flexibility index (Phi) is 4.32. The molecule has 2 aliphatic heterocycles. The van der Waals surface area contributed by atoms with Crippen LogP contribution < -0.4 is 5.32 Å². The molecule has 1 spiro atoms. The summed E-state index contributed by atoms with van der Waals surface area (Å²) in [4.78, 5) is 15.1. The van der Waals surface area contributed by atoms with Crippen LogP contribution in [-0.4, -0.2) is 52.2 Å². The minimum atomic E-state index is 0.237. The molecule has 6 nitrogen and oxygen atoms in total. The van der Waals surface area contributed by atoms with E-state index < -0.39 is 0 Å². The van der Waals surface area contributed by atoms with Gasteiger partial charge in [0.15, 0.2) is 0 Å². The summed E-state index contributed by atoms with van der Waals surface area (Å²) in [7, 11) is 0. The van der Waals surface area contributed by atoms with E-state index >= 15 is 0 Å². The monoisotopic (exact) mass is 403 g/mol. The maximum atomic E-state index is 5.62. The Balaban J connectivity index is 1.32. The van der Waals surface area contributed by atoms with Gasteiger partial charge < -0.3 is 15.0 Å². The number of likely N-dealkylation sites (tertiary alicyclic amines) is 1. The van der Waals surface area contributed by atoms with Crippen molar-refractivity contribution < 1.29 is 4.74 Å². The van der Waals surface area contributed by atoms with E-state index in [4.69, 9.17) is 4.74 Å². The van der Waals surface area contributed by atoms with Gasteiger partial charge in [-0.2, -0.15) is 0 Å². The fourth-order valence-electron chi connectivity index (χ4n) is 5.81. The Labute approximate surface area is 177 Å². The molecule has 0 amide bonds. The van der Waals surface area contributed by atoms with E-state index in [9.17, 15) is 0 Å². The van der Waals surface area contributed by atoms with Crippen LogP contribution in [0.4, 0.5) is 5.82 Å². The molecular formula is C24H29N5O. The van der Waals surface area contributed by atoms with Crippen molar-refractivity contribution in [2.75, 3.05) is 31.6 Å². The first kappa shape index (κ1) is 18.3. The summed E-state index contributed by atoms with van der Waals surface area (Å²) in [5, 5.41) is 4.92. The van der Waals surface area contributed by atoms with Crippen LogP contribution in [0.15, 0.2) is 36.7 Å². The van der Waals surface area contributed by atoms with Crippen LogP contribution in [0.2, 0.25) is 0 Å². The first-order chi connectivity index (χ1) is 14.7. The second kappa shape index (κ2) is 7.06. The topological polar surface area (TPSA) is 66.1 Å². The van der Waals surface area contributed by atoms with E-state index in [2.05, 4.69) is 62.4 Å². The van der Waals surface area contributed by atoms with Crippen molar-refractivity contribution in [3.63, 3.8) is 0 Å². The number of aromatic nitrogens is 3. The van der Waals surface area contributed by atoms with E-state index in [1.54, 1.807) is 6.33 Å². The molecule has 2 unspecified atom stereocenters. The maximum Gasteiger partial charge on any atom is 0.143 e. The molecule has 0 radical (unpaired) electrons. The number of nitrogens with one attached hydrogen (secondary N) is 2. The van der Waals surface area contributed by atoms with Crippen molar-refractivity contribution in [2.45, 2.75) is 44.7 Å².